The first-order chi connectivity index (χ1) is 27.7. The maximum Gasteiger partial charge on any atom is 0.164 e. The van der Waals surface area contributed by atoms with Crippen LogP contribution in [0.3, 0.4) is 0 Å². The molecule has 7 aromatic carbocycles. The summed E-state index contributed by atoms with van der Waals surface area (Å²) in [6, 6.07) is 40.8. The standard InChI is InChI=1S/C45H21B7N4O/c46-34-29(22-12-4-1-5-13-22)37(49)41-32(35(34)47)33-36(48)38(50)39(51)40(52)42(33)56(41)26-19-11-21-28-31(26)30-25(18-10-20-27(30)57-28)45-54-43(23-14-6-2-7-15-23)53-44(55-45)24-16-8-3-9-17-24/h1-21H. The molecule has 248 valence electrons. The Morgan fingerprint density at radius 1 is 0.368 bits per heavy atom. The molecular formula is C45H21B7N4O. The molecule has 57 heavy (non-hydrogen) atoms. The molecule has 0 aliphatic rings. The lowest BCUT2D eigenvalue weighted by Gasteiger charge is -2.19. The lowest BCUT2D eigenvalue weighted by Crippen LogP contribution is -2.48. The molecule has 0 aliphatic carbocycles. The number of fused-ring (bicyclic) bond motifs is 6. The van der Waals surface area contributed by atoms with E-state index in [2.05, 4.69) is 0 Å². The number of nitrogens with zero attached hydrogens (tertiary/aromatic N) is 4. The van der Waals surface area contributed by atoms with Crippen molar-refractivity contribution in [3.63, 3.8) is 0 Å². The minimum absolute atomic E-state index is 0.134. The average molecular weight is 709 g/mol. The summed E-state index contributed by atoms with van der Waals surface area (Å²) in [5.74, 6) is 1.51. The second-order valence-electron chi connectivity index (χ2n) is 13.9. The molecule has 3 heterocycles. The molecule has 5 nitrogen and oxygen atoms in total. The first-order valence-electron chi connectivity index (χ1n) is 18.2. The fourth-order valence-corrected chi connectivity index (χ4v) is 8.00. The Bertz CT molecular complexity index is 3200. The third kappa shape index (κ3) is 5.30. The van der Waals surface area contributed by atoms with Crippen molar-refractivity contribution in [2.75, 3.05) is 0 Å². The summed E-state index contributed by atoms with van der Waals surface area (Å²) in [5, 5.41) is 2.46. The quantitative estimate of drug-likeness (QED) is 0.258. The lowest BCUT2D eigenvalue weighted by atomic mass is 9.64. The van der Waals surface area contributed by atoms with Gasteiger partial charge in [-0.05, 0) is 40.1 Å². The van der Waals surface area contributed by atoms with Crippen molar-refractivity contribution in [1.29, 1.82) is 0 Å². The Kier molecular flexibility index (Phi) is 8.22. The number of benzene rings is 7. The Morgan fingerprint density at radius 2 is 0.842 bits per heavy atom. The molecular weight excluding hydrogens is 688 g/mol. The summed E-state index contributed by atoms with van der Waals surface area (Å²) in [4.78, 5) is 15.0. The number of hydrogen-bond acceptors (Lipinski definition) is 4. The maximum atomic E-state index is 7.24. The Balaban J connectivity index is 1.36. The number of furan rings is 1. The summed E-state index contributed by atoms with van der Waals surface area (Å²) in [7, 11) is 47.9. The molecule has 0 N–H and O–H groups in total. The highest BCUT2D eigenvalue weighted by atomic mass is 16.3. The van der Waals surface area contributed by atoms with Crippen LogP contribution in [0.4, 0.5) is 0 Å². The zero-order chi connectivity index (χ0) is 39.1. The van der Waals surface area contributed by atoms with Gasteiger partial charge in [-0.2, -0.15) is 0 Å². The molecule has 0 amide bonds. The van der Waals surface area contributed by atoms with Crippen LogP contribution in [0.1, 0.15) is 0 Å². The van der Waals surface area contributed by atoms with E-state index >= 15 is 0 Å². The van der Waals surface area contributed by atoms with E-state index in [1.807, 2.05) is 132 Å². The van der Waals surface area contributed by atoms with E-state index in [0.29, 0.717) is 78.2 Å². The van der Waals surface area contributed by atoms with Crippen LogP contribution in [0.25, 0.3) is 94.7 Å². The van der Waals surface area contributed by atoms with E-state index in [4.69, 9.17) is 74.3 Å². The molecule has 10 aromatic rings. The summed E-state index contributed by atoms with van der Waals surface area (Å²) >= 11 is 0. The summed E-state index contributed by atoms with van der Waals surface area (Å²) in [6.45, 7) is 0. The molecule has 0 unspecified atom stereocenters. The van der Waals surface area contributed by atoms with E-state index in [-0.39, 0.29) is 27.3 Å². The third-order valence-electron chi connectivity index (χ3n) is 10.7. The Morgan fingerprint density at radius 3 is 1.44 bits per heavy atom. The van der Waals surface area contributed by atoms with Crippen molar-refractivity contribution in [1.82, 2.24) is 19.5 Å². The van der Waals surface area contributed by atoms with Gasteiger partial charge in [-0.15, -0.1) is 10.9 Å². The third-order valence-corrected chi connectivity index (χ3v) is 10.7. The van der Waals surface area contributed by atoms with Crippen LogP contribution in [0.15, 0.2) is 132 Å². The van der Waals surface area contributed by atoms with Gasteiger partial charge in [0, 0.05) is 33.1 Å². The van der Waals surface area contributed by atoms with Crippen molar-refractivity contribution in [3.05, 3.63) is 127 Å². The zero-order valence-electron chi connectivity index (χ0n) is 30.4. The molecule has 10 rings (SSSR count). The molecule has 0 spiro atoms. The molecule has 14 radical (unpaired) electrons. The van der Waals surface area contributed by atoms with Gasteiger partial charge in [0.25, 0.3) is 0 Å². The van der Waals surface area contributed by atoms with E-state index in [9.17, 15) is 0 Å². The molecule has 0 fully saturated rings. The lowest BCUT2D eigenvalue weighted by molar-refractivity contribution is 0.669. The van der Waals surface area contributed by atoms with Crippen LogP contribution in [0.2, 0.25) is 0 Å². The maximum absolute atomic E-state index is 7.24. The number of hydrogen-bond donors (Lipinski definition) is 0. The highest BCUT2D eigenvalue weighted by molar-refractivity contribution is 6.69. The Hall–Kier alpha value is -6.40. The minimum Gasteiger partial charge on any atom is -0.456 e. The first-order valence-corrected chi connectivity index (χ1v) is 18.2. The highest BCUT2D eigenvalue weighted by Crippen LogP contribution is 2.41. The SMILES string of the molecule is [B]c1c([B])c([B])c2c(c1[B])c1c([B])c([B])c(-c3ccccc3)c([B])c1n2-c1cccc2oc3cccc(-c4nc(-c5ccccc5)nc(-c5ccccc5)n4)c3c12. The molecule has 0 saturated carbocycles. The van der Waals surface area contributed by atoms with E-state index in [1.165, 1.54) is 0 Å². The van der Waals surface area contributed by atoms with Gasteiger partial charge in [-0.1, -0.05) is 137 Å². The van der Waals surface area contributed by atoms with Crippen LogP contribution in [-0.2, 0) is 0 Å². The van der Waals surface area contributed by atoms with Crippen LogP contribution < -0.4 is 38.2 Å². The van der Waals surface area contributed by atoms with E-state index < -0.39 is 0 Å². The fraction of sp³-hybridized carbons (Fsp3) is 0. The van der Waals surface area contributed by atoms with Crippen molar-refractivity contribution in [2.24, 2.45) is 0 Å². The first kappa shape index (κ1) is 35.0. The van der Waals surface area contributed by atoms with Gasteiger partial charge in [0.1, 0.15) is 66.1 Å². The van der Waals surface area contributed by atoms with Crippen LogP contribution in [0.5, 0.6) is 0 Å². The number of aromatic nitrogens is 4. The molecule has 0 aliphatic heterocycles. The van der Waals surface area contributed by atoms with E-state index in [0.717, 1.165) is 27.5 Å². The largest absolute Gasteiger partial charge is 0.456 e. The van der Waals surface area contributed by atoms with Gasteiger partial charge in [0.2, 0.25) is 0 Å². The number of rotatable bonds is 5. The predicted octanol–water partition coefficient (Wildman–Crippen LogP) is 3.09. The molecule has 12 heteroatoms. The highest BCUT2D eigenvalue weighted by Gasteiger charge is 2.27. The molecule has 0 atom stereocenters. The van der Waals surface area contributed by atoms with Crippen molar-refractivity contribution in [2.45, 2.75) is 0 Å². The second kappa shape index (κ2) is 13.4. The van der Waals surface area contributed by atoms with Gasteiger partial charge >= 0.3 is 0 Å². The van der Waals surface area contributed by atoms with E-state index in [1.54, 1.807) is 0 Å². The van der Waals surface area contributed by atoms with Gasteiger partial charge in [0.05, 0.1) is 11.1 Å². The molecule has 0 saturated heterocycles. The van der Waals surface area contributed by atoms with Gasteiger partial charge in [-0.25, -0.2) is 15.0 Å². The Labute approximate surface area is 337 Å². The van der Waals surface area contributed by atoms with Crippen LogP contribution >= 0.6 is 0 Å². The second-order valence-corrected chi connectivity index (χ2v) is 13.9. The summed E-state index contributed by atoms with van der Waals surface area (Å²) < 4.78 is 8.55. The minimum atomic E-state index is 0.134. The van der Waals surface area contributed by atoms with Gasteiger partial charge < -0.3 is 8.98 Å². The van der Waals surface area contributed by atoms with Crippen LogP contribution in [0, 0.1) is 0 Å². The summed E-state index contributed by atoms with van der Waals surface area (Å²) in [5.41, 5.74) is 8.21. The fourth-order valence-electron chi connectivity index (χ4n) is 8.00. The smallest absolute Gasteiger partial charge is 0.164 e. The summed E-state index contributed by atoms with van der Waals surface area (Å²) in [6.07, 6.45) is 0. The predicted molar refractivity (Wildman–Crippen MR) is 241 cm³/mol. The normalized spacial score (nSPS) is 11.6. The van der Waals surface area contributed by atoms with Gasteiger partial charge in [-0.3, -0.25) is 0 Å². The van der Waals surface area contributed by atoms with Crippen molar-refractivity contribution >= 4 is 137 Å². The van der Waals surface area contributed by atoms with Crippen molar-refractivity contribution < 1.29 is 4.42 Å². The topological polar surface area (TPSA) is 56.7 Å². The van der Waals surface area contributed by atoms with Gasteiger partial charge in [0.15, 0.2) is 17.5 Å². The monoisotopic (exact) mass is 710 g/mol. The average Bonchev–Trinajstić information content (AvgIpc) is 3.82. The zero-order valence-corrected chi connectivity index (χ0v) is 30.4. The van der Waals surface area contributed by atoms with Crippen LogP contribution in [-0.4, -0.2) is 74.4 Å². The molecule has 0 bridgehead atoms. The van der Waals surface area contributed by atoms with Crippen molar-refractivity contribution in [3.8, 4) is 51.0 Å². The molecule has 3 aromatic heterocycles.